The number of Topliss-reactive ketones (excluding diaryl/α,β-unsaturated/α-hetero) is 1. The number of nitrogens with one attached hydrogen (secondary N) is 1. The highest BCUT2D eigenvalue weighted by Crippen LogP contribution is 2.34. The minimum absolute atomic E-state index is 0.114. The standard InChI is InChI=1S/C22H22N2O4/c1-28-21(26)11-4-14-2-5-15(6-3-14)19-13-23-22(27)24(19)17-8-9-18-16(12-17)7-10-20(18)25/h2-3,5-6,8-9,12,19H,4,7,10-11,13H2,1H3,(H,23,27). The van der Waals surface area contributed by atoms with Gasteiger partial charge in [-0.15, -0.1) is 0 Å². The third-order valence-corrected chi connectivity index (χ3v) is 5.48. The summed E-state index contributed by atoms with van der Waals surface area (Å²) in [7, 11) is 1.39. The van der Waals surface area contributed by atoms with Gasteiger partial charge in [-0.05, 0) is 47.7 Å². The molecule has 0 spiro atoms. The fraction of sp³-hybridized carbons (Fsp3) is 0.318. The van der Waals surface area contributed by atoms with E-state index in [0.29, 0.717) is 25.8 Å². The number of aryl methyl sites for hydroxylation is 2. The number of ketones is 1. The number of carbonyl (C=O) groups is 3. The van der Waals surface area contributed by atoms with Crippen molar-refractivity contribution in [2.75, 3.05) is 18.6 Å². The molecule has 1 aliphatic heterocycles. The Morgan fingerprint density at radius 1 is 1.14 bits per heavy atom. The van der Waals surface area contributed by atoms with Gasteiger partial charge < -0.3 is 10.1 Å². The number of hydrogen-bond donors (Lipinski definition) is 1. The van der Waals surface area contributed by atoms with Crippen LogP contribution in [0, 0.1) is 0 Å². The average molecular weight is 378 g/mol. The Balaban J connectivity index is 1.55. The van der Waals surface area contributed by atoms with Gasteiger partial charge in [-0.25, -0.2) is 4.79 Å². The smallest absolute Gasteiger partial charge is 0.322 e. The first-order chi connectivity index (χ1) is 13.6. The number of methoxy groups -OCH3 is 1. The quantitative estimate of drug-likeness (QED) is 0.811. The zero-order valence-corrected chi connectivity index (χ0v) is 15.7. The van der Waals surface area contributed by atoms with Crippen molar-refractivity contribution < 1.29 is 19.1 Å². The Morgan fingerprint density at radius 3 is 2.68 bits per heavy atom. The number of ether oxygens (including phenoxy) is 1. The van der Waals surface area contributed by atoms with E-state index < -0.39 is 0 Å². The monoisotopic (exact) mass is 378 g/mol. The summed E-state index contributed by atoms with van der Waals surface area (Å²) in [6.07, 6.45) is 2.25. The Morgan fingerprint density at radius 2 is 1.93 bits per heavy atom. The molecule has 6 heteroatoms. The molecule has 1 aliphatic carbocycles. The third-order valence-electron chi connectivity index (χ3n) is 5.48. The molecule has 2 aliphatic rings. The molecule has 0 saturated carbocycles. The number of hydrogen-bond acceptors (Lipinski definition) is 4. The second-order valence-corrected chi connectivity index (χ2v) is 7.15. The lowest BCUT2D eigenvalue weighted by Gasteiger charge is -2.24. The fourth-order valence-corrected chi connectivity index (χ4v) is 3.91. The summed E-state index contributed by atoms with van der Waals surface area (Å²) in [5, 5.41) is 2.91. The lowest BCUT2D eigenvalue weighted by Crippen LogP contribution is -2.29. The fourth-order valence-electron chi connectivity index (χ4n) is 3.91. The van der Waals surface area contributed by atoms with E-state index in [1.807, 2.05) is 42.5 Å². The Kier molecular flexibility index (Phi) is 4.86. The zero-order chi connectivity index (χ0) is 19.7. The number of fused-ring (bicyclic) bond motifs is 1. The highest BCUT2D eigenvalue weighted by atomic mass is 16.5. The summed E-state index contributed by atoms with van der Waals surface area (Å²) < 4.78 is 4.68. The Bertz CT molecular complexity index is 936. The first-order valence-electron chi connectivity index (χ1n) is 9.45. The summed E-state index contributed by atoms with van der Waals surface area (Å²) in [6, 6.07) is 13.4. The van der Waals surface area contributed by atoms with Gasteiger partial charge >= 0.3 is 12.0 Å². The molecule has 6 nitrogen and oxygen atoms in total. The number of benzene rings is 2. The summed E-state index contributed by atoms with van der Waals surface area (Å²) in [5.74, 6) is -0.0533. The van der Waals surface area contributed by atoms with Crippen LogP contribution in [0.15, 0.2) is 42.5 Å². The normalized spacial score (nSPS) is 18.2. The lowest BCUT2D eigenvalue weighted by atomic mass is 10.0. The van der Waals surface area contributed by atoms with E-state index >= 15 is 0 Å². The maximum atomic E-state index is 12.5. The molecule has 28 heavy (non-hydrogen) atoms. The van der Waals surface area contributed by atoms with Gasteiger partial charge in [0.15, 0.2) is 5.78 Å². The predicted octanol–water partition coefficient (Wildman–Crippen LogP) is 3.19. The van der Waals surface area contributed by atoms with E-state index in [0.717, 1.165) is 34.4 Å². The molecule has 1 saturated heterocycles. The van der Waals surface area contributed by atoms with Gasteiger partial charge in [0.25, 0.3) is 0 Å². The van der Waals surface area contributed by atoms with Crippen molar-refractivity contribution in [3.05, 3.63) is 64.7 Å². The van der Waals surface area contributed by atoms with Gasteiger partial charge in [-0.1, -0.05) is 24.3 Å². The van der Waals surface area contributed by atoms with Crippen LogP contribution in [-0.4, -0.2) is 31.4 Å². The number of rotatable bonds is 5. The summed E-state index contributed by atoms with van der Waals surface area (Å²) in [6.45, 7) is 0.524. The summed E-state index contributed by atoms with van der Waals surface area (Å²) >= 11 is 0. The molecule has 1 heterocycles. The van der Waals surface area contributed by atoms with Crippen LogP contribution in [0.3, 0.4) is 0 Å². The highest BCUT2D eigenvalue weighted by molar-refractivity contribution is 6.02. The maximum absolute atomic E-state index is 12.5. The number of carbonyl (C=O) groups excluding carboxylic acids is 3. The average Bonchev–Trinajstić information content (AvgIpc) is 3.29. The van der Waals surface area contributed by atoms with Crippen molar-refractivity contribution in [3.8, 4) is 0 Å². The van der Waals surface area contributed by atoms with Crippen molar-refractivity contribution in [1.29, 1.82) is 0 Å². The number of anilines is 1. The zero-order valence-electron chi connectivity index (χ0n) is 15.7. The largest absolute Gasteiger partial charge is 0.469 e. The predicted molar refractivity (Wildman–Crippen MR) is 104 cm³/mol. The van der Waals surface area contributed by atoms with Crippen LogP contribution >= 0.6 is 0 Å². The molecular formula is C22H22N2O4. The topological polar surface area (TPSA) is 75.7 Å². The first kappa shape index (κ1) is 18.2. The van der Waals surface area contributed by atoms with Gasteiger partial charge in [0, 0.05) is 30.6 Å². The van der Waals surface area contributed by atoms with Crippen LogP contribution in [0.1, 0.15) is 45.9 Å². The van der Waals surface area contributed by atoms with Crippen LogP contribution in [0.2, 0.25) is 0 Å². The van der Waals surface area contributed by atoms with Gasteiger partial charge in [0.1, 0.15) is 0 Å². The van der Waals surface area contributed by atoms with Crippen LogP contribution < -0.4 is 10.2 Å². The Labute approximate surface area is 163 Å². The molecule has 4 rings (SSSR count). The lowest BCUT2D eigenvalue weighted by molar-refractivity contribution is -0.140. The van der Waals surface area contributed by atoms with Gasteiger partial charge in [-0.2, -0.15) is 0 Å². The molecular weight excluding hydrogens is 356 g/mol. The first-order valence-corrected chi connectivity index (χ1v) is 9.45. The number of esters is 1. The van der Waals surface area contributed by atoms with E-state index in [1.54, 1.807) is 4.90 Å². The minimum atomic E-state index is -0.226. The summed E-state index contributed by atoms with van der Waals surface area (Å²) in [4.78, 5) is 37.4. The molecule has 2 amide bonds. The third kappa shape index (κ3) is 3.38. The van der Waals surface area contributed by atoms with Crippen LogP contribution in [0.25, 0.3) is 0 Å². The van der Waals surface area contributed by atoms with E-state index in [4.69, 9.17) is 0 Å². The number of amides is 2. The molecule has 2 aromatic rings. The molecule has 1 N–H and O–H groups in total. The molecule has 0 aromatic heterocycles. The maximum Gasteiger partial charge on any atom is 0.322 e. The second-order valence-electron chi connectivity index (χ2n) is 7.15. The van der Waals surface area contributed by atoms with Crippen molar-refractivity contribution in [2.45, 2.75) is 31.7 Å². The summed E-state index contributed by atoms with van der Waals surface area (Å²) in [5.41, 5.74) is 4.67. The minimum Gasteiger partial charge on any atom is -0.469 e. The molecule has 1 atom stereocenters. The van der Waals surface area contributed by atoms with E-state index in [9.17, 15) is 14.4 Å². The van der Waals surface area contributed by atoms with Gasteiger partial charge in [-0.3, -0.25) is 14.5 Å². The van der Waals surface area contributed by atoms with Crippen molar-refractivity contribution in [2.24, 2.45) is 0 Å². The van der Waals surface area contributed by atoms with Crippen LogP contribution in [-0.2, 0) is 22.4 Å². The molecule has 2 aromatic carbocycles. The van der Waals surface area contributed by atoms with Crippen LogP contribution in [0.4, 0.5) is 10.5 Å². The highest BCUT2D eigenvalue weighted by Gasteiger charge is 2.34. The van der Waals surface area contributed by atoms with Gasteiger partial charge in [0.2, 0.25) is 0 Å². The second kappa shape index (κ2) is 7.46. The van der Waals surface area contributed by atoms with Gasteiger partial charge in [0.05, 0.1) is 13.2 Å². The van der Waals surface area contributed by atoms with E-state index in [1.165, 1.54) is 7.11 Å². The number of nitrogens with zero attached hydrogens (tertiary/aromatic N) is 1. The van der Waals surface area contributed by atoms with Crippen molar-refractivity contribution in [1.82, 2.24) is 5.32 Å². The molecule has 1 fully saturated rings. The molecule has 0 bridgehead atoms. The molecule has 1 unspecified atom stereocenters. The van der Waals surface area contributed by atoms with Crippen LogP contribution in [0.5, 0.6) is 0 Å². The van der Waals surface area contributed by atoms with E-state index in [-0.39, 0.29) is 23.8 Å². The van der Waals surface area contributed by atoms with Crippen molar-refractivity contribution in [3.63, 3.8) is 0 Å². The van der Waals surface area contributed by atoms with Crippen molar-refractivity contribution >= 4 is 23.5 Å². The molecule has 0 radical (unpaired) electrons. The number of urea groups is 1. The van der Waals surface area contributed by atoms with E-state index in [2.05, 4.69) is 10.1 Å². The molecule has 144 valence electrons. The SMILES string of the molecule is COC(=O)CCc1ccc(C2CNC(=O)N2c2ccc3c(c2)CCC3=O)cc1. The Hall–Kier alpha value is -3.15.